The second-order valence-electron chi connectivity index (χ2n) is 4.94. The molecule has 0 spiro atoms. The van der Waals surface area contributed by atoms with Crippen LogP contribution in [0.15, 0.2) is 30.3 Å². The fourth-order valence-corrected chi connectivity index (χ4v) is 2.88. The number of hydrogen-bond donors (Lipinski definition) is 0. The second kappa shape index (κ2) is 4.70. The van der Waals surface area contributed by atoms with Crippen molar-refractivity contribution in [3.8, 4) is 0 Å². The van der Waals surface area contributed by atoms with Crippen molar-refractivity contribution < 1.29 is 27.3 Å². The quantitative estimate of drug-likeness (QED) is 0.381. The van der Waals surface area contributed by atoms with Crippen LogP contribution in [-0.4, -0.2) is 24.0 Å². The molecule has 0 N–H and O–H groups in total. The first-order valence-electron chi connectivity index (χ1n) is 5.27. The van der Waals surface area contributed by atoms with Gasteiger partial charge in [0, 0.05) is 0 Å². The maximum Gasteiger partial charge on any atom is 1.00 e. The number of sulfonamides is 1. The van der Waals surface area contributed by atoms with E-state index in [2.05, 4.69) is 0 Å². The number of nitrogens with zero attached hydrogens (tertiary/aromatic N) is 1. The Kier molecular flexibility index (Phi) is 4.05. The monoisotopic (exact) mass is 245 g/mol. The van der Waals surface area contributed by atoms with E-state index in [1.807, 2.05) is 30.3 Å². The molecule has 1 saturated heterocycles. The smallest absolute Gasteiger partial charge is 0.233 e. The third-order valence-corrected chi connectivity index (χ3v) is 5.14. The summed E-state index contributed by atoms with van der Waals surface area (Å²) >= 11 is 0. The molecule has 0 saturated carbocycles. The standard InChI is InChI=1S/C12H16NO2S.Li/c1-12(2,3)16(14,15)13-9-11(13)10-7-5-4-6-8-10;/h4-8H,9H2,1-3H3;/q-1;+1. The molecule has 1 aliphatic heterocycles. The molecule has 1 aromatic carbocycles. The first kappa shape index (κ1) is 14.7. The maximum absolute atomic E-state index is 12.1. The van der Waals surface area contributed by atoms with Crippen LogP contribution in [0.4, 0.5) is 0 Å². The Hall–Kier alpha value is -0.403. The van der Waals surface area contributed by atoms with Crippen molar-refractivity contribution in [3.63, 3.8) is 0 Å². The summed E-state index contributed by atoms with van der Waals surface area (Å²) in [5.74, 6) is 0. The van der Waals surface area contributed by atoms with Crippen molar-refractivity contribution in [2.75, 3.05) is 6.54 Å². The number of benzene rings is 1. The van der Waals surface area contributed by atoms with Crippen LogP contribution in [0.5, 0.6) is 0 Å². The van der Waals surface area contributed by atoms with Crippen molar-refractivity contribution in [3.05, 3.63) is 41.9 Å². The van der Waals surface area contributed by atoms with Gasteiger partial charge in [-0.1, -0.05) is 12.1 Å². The molecule has 1 aliphatic rings. The molecule has 88 valence electrons. The van der Waals surface area contributed by atoms with Crippen molar-refractivity contribution in [2.24, 2.45) is 0 Å². The first-order chi connectivity index (χ1) is 7.34. The van der Waals surface area contributed by atoms with Gasteiger partial charge in [-0.2, -0.15) is 17.7 Å². The van der Waals surface area contributed by atoms with Gasteiger partial charge in [0.25, 0.3) is 0 Å². The van der Waals surface area contributed by atoms with Crippen LogP contribution in [-0.2, 0) is 10.0 Å². The molecule has 1 fully saturated rings. The Labute approximate surface area is 115 Å². The van der Waals surface area contributed by atoms with Gasteiger partial charge in [-0.25, -0.2) is 12.7 Å². The van der Waals surface area contributed by atoms with Crippen LogP contribution in [0, 0.1) is 6.04 Å². The summed E-state index contributed by atoms with van der Waals surface area (Å²) < 4.78 is 25.0. The summed E-state index contributed by atoms with van der Waals surface area (Å²) in [5, 5.41) is 0. The Morgan fingerprint density at radius 2 is 1.71 bits per heavy atom. The van der Waals surface area contributed by atoms with Crippen molar-refractivity contribution >= 4 is 10.0 Å². The topological polar surface area (TPSA) is 37.1 Å². The van der Waals surface area contributed by atoms with Gasteiger partial charge < -0.3 is 0 Å². The van der Waals surface area contributed by atoms with E-state index >= 15 is 0 Å². The van der Waals surface area contributed by atoms with Gasteiger partial charge >= 0.3 is 18.9 Å². The first-order valence-corrected chi connectivity index (χ1v) is 6.71. The van der Waals surface area contributed by atoms with Gasteiger partial charge in [0.15, 0.2) is 0 Å². The Bertz CT molecular complexity index is 479. The molecule has 2 rings (SSSR count). The summed E-state index contributed by atoms with van der Waals surface area (Å²) in [5.41, 5.74) is 0.996. The minimum absolute atomic E-state index is 0. The zero-order chi connectivity index (χ0) is 12.0. The van der Waals surface area contributed by atoms with Crippen molar-refractivity contribution in [1.29, 1.82) is 0 Å². The van der Waals surface area contributed by atoms with Crippen molar-refractivity contribution in [1.82, 2.24) is 4.31 Å². The van der Waals surface area contributed by atoms with Gasteiger partial charge in [0.2, 0.25) is 10.0 Å². The predicted octanol–water partition coefficient (Wildman–Crippen LogP) is -0.985. The third kappa shape index (κ3) is 2.71. The van der Waals surface area contributed by atoms with Crippen LogP contribution in [0.25, 0.3) is 0 Å². The number of hydrogen-bond acceptors (Lipinski definition) is 2. The summed E-state index contributed by atoms with van der Waals surface area (Å²) in [6, 6.07) is 10.5. The molecule has 1 aromatic rings. The van der Waals surface area contributed by atoms with E-state index in [4.69, 9.17) is 0 Å². The molecule has 17 heavy (non-hydrogen) atoms. The van der Waals surface area contributed by atoms with Crippen LogP contribution < -0.4 is 18.9 Å². The van der Waals surface area contributed by atoms with Crippen LogP contribution in [0.3, 0.4) is 0 Å². The van der Waals surface area contributed by atoms with E-state index in [1.54, 1.807) is 20.8 Å². The molecule has 1 atom stereocenters. The van der Waals surface area contributed by atoms with Crippen LogP contribution in [0.2, 0.25) is 0 Å². The van der Waals surface area contributed by atoms with E-state index in [-0.39, 0.29) is 18.9 Å². The molecule has 0 radical (unpaired) electrons. The largest absolute Gasteiger partial charge is 1.00 e. The van der Waals surface area contributed by atoms with Gasteiger partial charge in [-0.05, 0) is 27.3 Å². The summed E-state index contributed by atoms with van der Waals surface area (Å²) in [7, 11) is -3.20. The molecule has 1 unspecified atom stereocenters. The van der Waals surface area contributed by atoms with Gasteiger partial charge in [0.05, 0.1) is 4.75 Å². The Balaban J connectivity index is 0.00000144. The molecule has 0 aliphatic carbocycles. The number of rotatable bonds is 2. The van der Waals surface area contributed by atoms with E-state index in [0.717, 1.165) is 11.6 Å². The second-order valence-corrected chi connectivity index (χ2v) is 7.55. The van der Waals surface area contributed by atoms with Gasteiger partial charge in [0.1, 0.15) is 0 Å². The molecule has 0 aromatic heterocycles. The summed E-state index contributed by atoms with van der Waals surface area (Å²) in [4.78, 5) is 0. The third-order valence-electron chi connectivity index (χ3n) is 2.66. The Morgan fingerprint density at radius 3 is 2.18 bits per heavy atom. The summed E-state index contributed by atoms with van der Waals surface area (Å²) in [6.45, 7) is 5.71. The van der Waals surface area contributed by atoms with Crippen molar-refractivity contribution in [2.45, 2.75) is 25.5 Å². The fourth-order valence-electron chi connectivity index (χ4n) is 1.53. The van der Waals surface area contributed by atoms with E-state index in [9.17, 15) is 8.42 Å². The normalized spacial score (nSPS) is 19.7. The van der Waals surface area contributed by atoms with E-state index in [0.29, 0.717) is 6.54 Å². The zero-order valence-corrected chi connectivity index (χ0v) is 11.6. The molecular weight excluding hydrogens is 229 g/mol. The van der Waals surface area contributed by atoms with E-state index in [1.165, 1.54) is 4.31 Å². The molecule has 0 amide bonds. The molecule has 0 bridgehead atoms. The molecular formula is C12H16LiNO2S. The molecule has 5 heteroatoms. The van der Waals surface area contributed by atoms with Crippen LogP contribution in [0.1, 0.15) is 26.3 Å². The minimum atomic E-state index is -3.20. The van der Waals surface area contributed by atoms with Gasteiger partial charge in [-0.3, -0.25) is 0 Å². The predicted molar refractivity (Wildman–Crippen MR) is 64.2 cm³/mol. The maximum atomic E-state index is 12.1. The van der Waals surface area contributed by atoms with Crippen LogP contribution >= 0.6 is 0 Å². The fraction of sp³-hybridized carbons (Fsp3) is 0.417. The Morgan fingerprint density at radius 1 is 1.18 bits per heavy atom. The SMILES string of the molecule is CC(C)(C)S(=O)(=O)N1C[C-]1c1ccccc1.[Li+]. The van der Waals surface area contributed by atoms with Gasteiger partial charge in [-0.15, -0.1) is 12.1 Å². The zero-order valence-electron chi connectivity index (χ0n) is 10.8. The average Bonchev–Trinajstić information content (AvgIpc) is 2.97. The summed E-state index contributed by atoms with van der Waals surface area (Å²) in [6.07, 6.45) is 0. The molecule has 3 nitrogen and oxygen atoms in total. The minimum Gasteiger partial charge on any atom is -0.233 e. The average molecular weight is 245 g/mol. The molecule has 1 heterocycles. The van der Waals surface area contributed by atoms with E-state index < -0.39 is 14.8 Å².